The van der Waals surface area contributed by atoms with E-state index in [1.165, 1.54) is 12.4 Å². The molecule has 2 fully saturated rings. The van der Waals surface area contributed by atoms with Gasteiger partial charge in [-0.05, 0) is 36.2 Å². The van der Waals surface area contributed by atoms with Gasteiger partial charge in [0.1, 0.15) is 0 Å². The molecule has 2 aliphatic heterocycles. The highest BCUT2D eigenvalue weighted by Crippen LogP contribution is 2.37. The SMILES string of the molecule is CCOC(=O)c1cnc(N2C[C@H]3C[C@@H]2CN3S(=O)(=O)c2ccc3ccccc3c2)nc1. The molecule has 31 heavy (non-hydrogen) atoms. The molecule has 5 rings (SSSR count). The Labute approximate surface area is 180 Å². The van der Waals surface area contributed by atoms with Gasteiger partial charge in [-0.3, -0.25) is 0 Å². The lowest BCUT2D eigenvalue weighted by molar-refractivity contribution is 0.0525. The molecular formula is C22H22N4O4S. The van der Waals surface area contributed by atoms with Crippen molar-refractivity contribution in [1.29, 1.82) is 0 Å². The number of piperazine rings is 1. The minimum Gasteiger partial charge on any atom is -0.462 e. The number of aromatic nitrogens is 2. The Hall–Kier alpha value is -3.04. The van der Waals surface area contributed by atoms with Crippen LogP contribution in [0.2, 0.25) is 0 Å². The van der Waals surface area contributed by atoms with Crippen LogP contribution in [0.3, 0.4) is 0 Å². The molecule has 0 spiro atoms. The fourth-order valence-corrected chi connectivity index (χ4v) is 6.12. The molecule has 0 N–H and O–H groups in total. The highest BCUT2D eigenvalue weighted by Gasteiger charge is 2.49. The van der Waals surface area contributed by atoms with E-state index in [2.05, 4.69) is 9.97 Å². The molecule has 160 valence electrons. The summed E-state index contributed by atoms with van der Waals surface area (Å²) >= 11 is 0. The van der Waals surface area contributed by atoms with Crippen molar-refractivity contribution >= 4 is 32.7 Å². The molecule has 2 saturated heterocycles. The van der Waals surface area contributed by atoms with Crippen LogP contribution in [0.1, 0.15) is 23.7 Å². The van der Waals surface area contributed by atoms with E-state index < -0.39 is 16.0 Å². The van der Waals surface area contributed by atoms with Gasteiger partial charge in [0.15, 0.2) is 0 Å². The molecule has 9 heteroatoms. The van der Waals surface area contributed by atoms with Crippen LogP contribution in [-0.4, -0.2) is 60.4 Å². The van der Waals surface area contributed by atoms with Gasteiger partial charge >= 0.3 is 5.97 Å². The summed E-state index contributed by atoms with van der Waals surface area (Å²) in [4.78, 5) is 22.7. The van der Waals surface area contributed by atoms with Crippen molar-refractivity contribution in [1.82, 2.24) is 14.3 Å². The molecule has 3 aromatic rings. The molecule has 3 heterocycles. The molecule has 0 amide bonds. The third-order valence-corrected chi connectivity index (χ3v) is 7.84. The molecule has 1 aromatic heterocycles. The maximum Gasteiger partial charge on any atom is 0.341 e. The average Bonchev–Trinajstić information content (AvgIpc) is 3.41. The molecule has 0 radical (unpaired) electrons. The van der Waals surface area contributed by atoms with Gasteiger partial charge in [-0.15, -0.1) is 0 Å². The van der Waals surface area contributed by atoms with Gasteiger partial charge in [0.05, 0.1) is 17.1 Å². The Morgan fingerprint density at radius 1 is 1.06 bits per heavy atom. The van der Waals surface area contributed by atoms with Crippen molar-refractivity contribution in [3.63, 3.8) is 0 Å². The van der Waals surface area contributed by atoms with Gasteiger partial charge in [0.25, 0.3) is 0 Å². The van der Waals surface area contributed by atoms with E-state index in [4.69, 9.17) is 4.74 Å². The molecule has 2 atom stereocenters. The van der Waals surface area contributed by atoms with Crippen LogP contribution in [0, 0.1) is 0 Å². The quantitative estimate of drug-likeness (QED) is 0.565. The first kappa shape index (κ1) is 19.9. The van der Waals surface area contributed by atoms with E-state index in [0.29, 0.717) is 29.5 Å². The summed E-state index contributed by atoms with van der Waals surface area (Å²) in [5.74, 6) is 0.0490. The lowest BCUT2D eigenvalue weighted by atomic mass is 10.1. The first-order valence-electron chi connectivity index (χ1n) is 10.2. The molecule has 0 saturated carbocycles. The molecular weight excluding hydrogens is 416 g/mol. The number of ether oxygens (including phenoxy) is 1. The van der Waals surface area contributed by atoms with E-state index >= 15 is 0 Å². The second kappa shape index (κ2) is 7.58. The maximum atomic E-state index is 13.3. The standard InChI is InChI=1S/C22H22N4O4S/c1-2-30-21(27)17-11-23-22(24-12-17)25-13-19-10-18(25)14-26(19)31(28,29)20-8-7-15-5-3-4-6-16(15)9-20/h3-9,11-12,18-19H,2,10,13-14H2,1H3/t18-,19-/m1/s1. The van der Waals surface area contributed by atoms with Crippen LogP contribution >= 0.6 is 0 Å². The van der Waals surface area contributed by atoms with E-state index in [1.807, 2.05) is 35.2 Å². The third kappa shape index (κ3) is 3.43. The summed E-state index contributed by atoms with van der Waals surface area (Å²) in [6, 6.07) is 12.9. The van der Waals surface area contributed by atoms with Crippen molar-refractivity contribution in [2.45, 2.75) is 30.3 Å². The highest BCUT2D eigenvalue weighted by molar-refractivity contribution is 7.89. The zero-order chi connectivity index (χ0) is 21.6. The number of hydrogen-bond donors (Lipinski definition) is 0. The number of sulfonamides is 1. The molecule has 2 aromatic carbocycles. The summed E-state index contributed by atoms with van der Waals surface area (Å²) < 4.78 is 33.2. The second-order valence-corrected chi connectivity index (χ2v) is 9.66. The minimum absolute atomic E-state index is 0.00803. The predicted octanol–water partition coefficient (Wildman–Crippen LogP) is 2.46. The summed E-state index contributed by atoms with van der Waals surface area (Å²) in [5, 5.41) is 1.92. The van der Waals surface area contributed by atoms with Crippen molar-refractivity contribution in [3.05, 3.63) is 60.4 Å². The predicted molar refractivity (Wildman–Crippen MR) is 115 cm³/mol. The summed E-state index contributed by atoms with van der Waals surface area (Å²) in [6.45, 7) is 2.95. The van der Waals surface area contributed by atoms with Gasteiger partial charge < -0.3 is 9.64 Å². The zero-order valence-corrected chi connectivity index (χ0v) is 17.8. The number of carbonyl (C=O) groups excluding carboxylic acids is 1. The topological polar surface area (TPSA) is 92.7 Å². The fraction of sp³-hybridized carbons (Fsp3) is 0.318. The number of hydrogen-bond acceptors (Lipinski definition) is 7. The summed E-state index contributed by atoms with van der Waals surface area (Å²) in [7, 11) is -3.59. The Morgan fingerprint density at radius 3 is 2.48 bits per heavy atom. The van der Waals surface area contributed by atoms with Crippen LogP contribution in [0.25, 0.3) is 10.8 Å². The lowest BCUT2D eigenvalue weighted by Crippen LogP contribution is -2.49. The van der Waals surface area contributed by atoms with Crippen LogP contribution < -0.4 is 4.90 Å². The number of esters is 1. The second-order valence-electron chi connectivity index (χ2n) is 7.77. The van der Waals surface area contributed by atoms with Crippen molar-refractivity contribution < 1.29 is 17.9 Å². The molecule has 2 bridgehead atoms. The fourth-order valence-electron chi connectivity index (χ4n) is 4.42. The monoisotopic (exact) mass is 438 g/mol. The van der Waals surface area contributed by atoms with Crippen LogP contribution in [0.4, 0.5) is 5.95 Å². The number of rotatable bonds is 5. The molecule has 0 unspecified atom stereocenters. The lowest BCUT2D eigenvalue weighted by Gasteiger charge is -2.33. The van der Waals surface area contributed by atoms with Crippen LogP contribution in [0.5, 0.6) is 0 Å². The normalized spacial score (nSPS) is 21.0. The first-order chi connectivity index (χ1) is 15.0. The Bertz CT molecular complexity index is 1250. The number of carbonyl (C=O) groups is 1. The summed E-state index contributed by atoms with van der Waals surface area (Å²) in [5.41, 5.74) is 0.301. The van der Waals surface area contributed by atoms with E-state index in [9.17, 15) is 13.2 Å². The molecule has 8 nitrogen and oxygen atoms in total. The third-order valence-electron chi connectivity index (χ3n) is 5.92. The summed E-state index contributed by atoms with van der Waals surface area (Å²) in [6.07, 6.45) is 3.64. The van der Waals surface area contributed by atoms with Crippen LogP contribution in [-0.2, 0) is 14.8 Å². The van der Waals surface area contributed by atoms with E-state index in [0.717, 1.165) is 17.2 Å². The number of benzene rings is 2. The zero-order valence-electron chi connectivity index (χ0n) is 17.0. The Morgan fingerprint density at radius 2 is 1.81 bits per heavy atom. The highest BCUT2D eigenvalue weighted by atomic mass is 32.2. The Balaban J connectivity index is 1.34. The van der Waals surface area contributed by atoms with Gasteiger partial charge in [0, 0.05) is 37.6 Å². The Kier molecular flexibility index (Phi) is 4.86. The number of fused-ring (bicyclic) bond motifs is 3. The van der Waals surface area contributed by atoms with Gasteiger partial charge in [-0.2, -0.15) is 4.31 Å². The minimum atomic E-state index is -3.59. The van der Waals surface area contributed by atoms with Gasteiger partial charge in [-0.25, -0.2) is 23.2 Å². The molecule has 0 aliphatic carbocycles. The van der Waals surface area contributed by atoms with Gasteiger partial charge in [0.2, 0.25) is 16.0 Å². The van der Waals surface area contributed by atoms with Crippen molar-refractivity contribution in [2.75, 3.05) is 24.6 Å². The number of nitrogens with zero attached hydrogens (tertiary/aromatic N) is 4. The average molecular weight is 439 g/mol. The number of anilines is 1. The first-order valence-corrected chi connectivity index (χ1v) is 11.7. The smallest absolute Gasteiger partial charge is 0.341 e. The maximum absolute atomic E-state index is 13.3. The van der Waals surface area contributed by atoms with E-state index in [1.54, 1.807) is 23.4 Å². The van der Waals surface area contributed by atoms with Crippen molar-refractivity contribution in [2.24, 2.45) is 0 Å². The van der Waals surface area contributed by atoms with Crippen molar-refractivity contribution in [3.8, 4) is 0 Å². The van der Waals surface area contributed by atoms with Gasteiger partial charge in [-0.1, -0.05) is 30.3 Å². The largest absolute Gasteiger partial charge is 0.462 e. The van der Waals surface area contributed by atoms with E-state index in [-0.39, 0.29) is 18.7 Å². The molecule has 2 aliphatic rings. The van der Waals surface area contributed by atoms with Crippen LogP contribution in [0.15, 0.2) is 59.8 Å².